The molecular weight excluding hydrogens is 356 g/mol. The number of hydrogen-bond acceptors (Lipinski definition) is 2. The normalized spacial score (nSPS) is 12.0. The van der Waals surface area contributed by atoms with Gasteiger partial charge in [0.2, 0.25) is 11.4 Å². The van der Waals surface area contributed by atoms with Gasteiger partial charge in [-0.3, -0.25) is 0 Å². The van der Waals surface area contributed by atoms with Crippen LogP contribution in [0.4, 0.5) is 0 Å². The fourth-order valence-electron chi connectivity index (χ4n) is 4.34. The molecule has 0 atom stereocenters. The standard InChI is InChI=1S/C26H31N2O/c1-16(2)12-19-14-23(28(6)15-20(19)13-17(3)4)24-18(5)9-10-21-22-8-7-11-27-26(22)29-25(21)24/h7-11,14-17H,12-13H2,1-6H3/q+1. The number of pyridine rings is 2. The first kappa shape index (κ1) is 19.6. The molecular formula is C26H31N2O+. The summed E-state index contributed by atoms with van der Waals surface area (Å²) in [5, 5.41) is 2.20. The predicted octanol–water partition coefficient (Wildman–Crippen LogP) is 6.18. The second kappa shape index (κ2) is 7.62. The highest BCUT2D eigenvalue weighted by molar-refractivity contribution is 6.08. The molecule has 1 aromatic carbocycles. The highest BCUT2D eigenvalue weighted by Gasteiger charge is 2.23. The quantitative estimate of drug-likeness (QED) is 0.383. The summed E-state index contributed by atoms with van der Waals surface area (Å²) < 4.78 is 8.53. The fourth-order valence-corrected chi connectivity index (χ4v) is 4.34. The number of nitrogens with zero attached hydrogens (tertiary/aromatic N) is 2. The summed E-state index contributed by atoms with van der Waals surface area (Å²) >= 11 is 0. The van der Waals surface area contributed by atoms with Crippen LogP contribution in [0.15, 0.2) is 47.1 Å². The van der Waals surface area contributed by atoms with Crippen LogP contribution in [0.2, 0.25) is 0 Å². The minimum Gasteiger partial charge on any atom is -0.437 e. The van der Waals surface area contributed by atoms with Crippen LogP contribution in [0.1, 0.15) is 44.4 Å². The van der Waals surface area contributed by atoms with Gasteiger partial charge in [0.15, 0.2) is 11.8 Å². The van der Waals surface area contributed by atoms with E-state index in [9.17, 15) is 0 Å². The molecule has 4 rings (SSSR count). The first-order valence-corrected chi connectivity index (χ1v) is 10.6. The van der Waals surface area contributed by atoms with Crippen LogP contribution in [0.3, 0.4) is 0 Å². The van der Waals surface area contributed by atoms with E-state index < -0.39 is 0 Å². The van der Waals surface area contributed by atoms with E-state index in [2.05, 4.69) is 81.7 Å². The second-order valence-electron chi connectivity index (χ2n) is 9.11. The lowest BCUT2D eigenvalue weighted by atomic mass is 9.91. The highest BCUT2D eigenvalue weighted by atomic mass is 16.3. The van der Waals surface area contributed by atoms with Gasteiger partial charge < -0.3 is 4.42 Å². The molecule has 0 bridgehead atoms. The summed E-state index contributed by atoms with van der Waals surface area (Å²) in [6, 6.07) is 10.8. The molecule has 3 heterocycles. The molecule has 0 radical (unpaired) electrons. The Morgan fingerprint density at radius 1 is 0.966 bits per heavy atom. The van der Waals surface area contributed by atoms with Crippen LogP contribution in [0, 0.1) is 18.8 Å². The molecule has 0 aliphatic heterocycles. The third-order valence-electron chi connectivity index (χ3n) is 5.59. The van der Waals surface area contributed by atoms with Crippen molar-refractivity contribution < 1.29 is 8.98 Å². The topological polar surface area (TPSA) is 29.9 Å². The third kappa shape index (κ3) is 3.66. The largest absolute Gasteiger partial charge is 0.437 e. The Morgan fingerprint density at radius 3 is 2.41 bits per heavy atom. The van der Waals surface area contributed by atoms with Crippen LogP contribution in [-0.2, 0) is 19.9 Å². The smallest absolute Gasteiger partial charge is 0.227 e. The molecule has 0 aliphatic rings. The number of hydrogen-bond donors (Lipinski definition) is 0. The summed E-state index contributed by atoms with van der Waals surface area (Å²) in [7, 11) is 2.15. The maximum absolute atomic E-state index is 6.27. The minimum absolute atomic E-state index is 0.619. The highest BCUT2D eigenvalue weighted by Crippen LogP contribution is 2.36. The molecule has 3 heteroatoms. The van der Waals surface area contributed by atoms with Crippen molar-refractivity contribution >= 4 is 22.1 Å². The molecule has 4 aromatic rings. The average molecular weight is 388 g/mol. The van der Waals surface area contributed by atoms with Gasteiger partial charge in [0.25, 0.3) is 0 Å². The van der Waals surface area contributed by atoms with Gasteiger partial charge >= 0.3 is 0 Å². The van der Waals surface area contributed by atoms with Crippen LogP contribution in [0.5, 0.6) is 0 Å². The van der Waals surface area contributed by atoms with Crippen LogP contribution in [0.25, 0.3) is 33.3 Å². The zero-order chi connectivity index (χ0) is 20.7. The van der Waals surface area contributed by atoms with Crippen LogP contribution in [-0.4, -0.2) is 4.98 Å². The number of rotatable bonds is 5. The molecule has 0 saturated carbocycles. The molecule has 0 saturated heterocycles. The van der Waals surface area contributed by atoms with E-state index >= 15 is 0 Å². The summed E-state index contributed by atoms with van der Waals surface area (Å²) in [4.78, 5) is 4.44. The van der Waals surface area contributed by atoms with Crippen molar-refractivity contribution in [3.05, 3.63) is 59.4 Å². The Hall–Kier alpha value is -2.68. The van der Waals surface area contributed by atoms with Gasteiger partial charge in [0.05, 0.1) is 5.56 Å². The van der Waals surface area contributed by atoms with E-state index in [0.717, 1.165) is 29.2 Å². The number of benzene rings is 1. The van der Waals surface area contributed by atoms with Crippen LogP contribution < -0.4 is 4.57 Å². The molecule has 0 spiro atoms. The first-order chi connectivity index (χ1) is 13.8. The van der Waals surface area contributed by atoms with Crippen LogP contribution >= 0.6 is 0 Å². The Kier molecular flexibility index (Phi) is 5.16. The maximum Gasteiger partial charge on any atom is 0.227 e. The van der Waals surface area contributed by atoms with Gasteiger partial charge in [-0.2, -0.15) is 0 Å². The molecule has 150 valence electrons. The molecule has 3 aromatic heterocycles. The molecule has 0 aliphatic carbocycles. The monoisotopic (exact) mass is 387 g/mol. The van der Waals surface area contributed by atoms with Crippen molar-refractivity contribution in [2.75, 3.05) is 0 Å². The summed E-state index contributed by atoms with van der Waals surface area (Å²) in [6.07, 6.45) is 6.31. The van der Waals surface area contributed by atoms with Gasteiger partial charge in [0, 0.05) is 28.6 Å². The fraction of sp³-hybridized carbons (Fsp3) is 0.385. The number of aromatic nitrogens is 2. The number of fused-ring (bicyclic) bond motifs is 3. The number of aryl methyl sites for hydroxylation is 2. The predicted molar refractivity (Wildman–Crippen MR) is 120 cm³/mol. The second-order valence-corrected chi connectivity index (χ2v) is 9.11. The third-order valence-corrected chi connectivity index (χ3v) is 5.59. The molecule has 0 unspecified atom stereocenters. The summed E-state index contributed by atoms with van der Waals surface area (Å²) in [5.74, 6) is 1.26. The van der Waals surface area contributed by atoms with Gasteiger partial charge in [-0.05, 0) is 54.9 Å². The summed E-state index contributed by atoms with van der Waals surface area (Å²) in [6.45, 7) is 11.3. The van der Waals surface area contributed by atoms with Gasteiger partial charge in [-0.25, -0.2) is 9.55 Å². The SMILES string of the molecule is Cc1ccc2c(oc3ncccc32)c1-c1cc(CC(C)C)c(CC(C)C)c[n+]1C. The Bertz CT molecular complexity index is 1180. The average Bonchev–Trinajstić information content (AvgIpc) is 3.02. The molecule has 29 heavy (non-hydrogen) atoms. The van der Waals surface area contributed by atoms with E-state index in [0.29, 0.717) is 17.5 Å². The van der Waals surface area contributed by atoms with Crippen molar-refractivity contribution in [1.29, 1.82) is 0 Å². The molecule has 0 fully saturated rings. The molecule has 0 N–H and O–H groups in total. The zero-order valence-corrected chi connectivity index (χ0v) is 18.4. The lowest BCUT2D eigenvalue weighted by molar-refractivity contribution is -0.660. The number of furan rings is 1. The maximum atomic E-state index is 6.27. The van der Waals surface area contributed by atoms with Gasteiger partial charge in [-0.1, -0.05) is 39.8 Å². The van der Waals surface area contributed by atoms with Gasteiger partial charge in [-0.15, -0.1) is 0 Å². The van der Waals surface area contributed by atoms with Crippen molar-refractivity contribution in [2.45, 2.75) is 47.5 Å². The van der Waals surface area contributed by atoms with Crippen molar-refractivity contribution in [3.63, 3.8) is 0 Å². The lowest BCUT2D eigenvalue weighted by Gasteiger charge is -2.15. The van der Waals surface area contributed by atoms with Crippen molar-refractivity contribution in [3.8, 4) is 11.3 Å². The Morgan fingerprint density at radius 2 is 1.69 bits per heavy atom. The molecule has 3 nitrogen and oxygen atoms in total. The van der Waals surface area contributed by atoms with Crippen molar-refractivity contribution in [2.24, 2.45) is 18.9 Å². The summed E-state index contributed by atoms with van der Waals surface area (Å²) in [5.41, 5.74) is 8.14. The molecule has 0 amide bonds. The van der Waals surface area contributed by atoms with E-state index in [1.807, 2.05) is 6.07 Å². The van der Waals surface area contributed by atoms with E-state index in [4.69, 9.17) is 4.42 Å². The first-order valence-electron chi connectivity index (χ1n) is 10.6. The van der Waals surface area contributed by atoms with E-state index in [-0.39, 0.29) is 0 Å². The van der Waals surface area contributed by atoms with Crippen molar-refractivity contribution in [1.82, 2.24) is 4.98 Å². The Labute approximate surface area is 173 Å². The van der Waals surface area contributed by atoms with E-state index in [1.54, 1.807) is 6.20 Å². The van der Waals surface area contributed by atoms with Gasteiger partial charge in [0.1, 0.15) is 7.05 Å². The minimum atomic E-state index is 0.619. The zero-order valence-electron chi connectivity index (χ0n) is 18.4. The lowest BCUT2D eigenvalue weighted by Crippen LogP contribution is -2.32. The Balaban J connectivity index is 1.98. The van der Waals surface area contributed by atoms with E-state index in [1.165, 1.54) is 27.9 Å².